The number of nitrogens with one attached hydrogen (secondary N) is 2. The van der Waals surface area contributed by atoms with E-state index in [2.05, 4.69) is 43.1 Å². The Hall–Kier alpha value is -4.10. The lowest BCUT2D eigenvalue weighted by molar-refractivity contribution is -0.126. The summed E-state index contributed by atoms with van der Waals surface area (Å²) in [4.78, 5) is 42.5. The fraction of sp³-hybridized carbons (Fsp3) is 0.360. The number of carbonyl (C=O) groups excluding carboxylic acids is 2. The standard InChI is InChI=1S/C25H27N7O3/c1-2-3-22(33)30-8-10-32(11-9-30)25(34)28-19-6-4-18(5-7-19)21-16-20-23(29-21)26-17-27-24(20)31-12-14-35-15-13-31/h4-7,16-17H,8-15H2,1H3,(H,28,34)(H,26,27,29). The third kappa shape index (κ3) is 4.90. The summed E-state index contributed by atoms with van der Waals surface area (Å²) in [7, 11) is 0. The summed E-state index contributed by atoms with van der Waals surface area (Å²) in [5.74, 6) is 5.89. The maximum atomic E-state index is 12.7. The summed E-state index contributed by atoms with van der Waals surface area (Å²) in [6, 6.07) is 9.57. The van der Waals surface area contributed by atoms with Gasteiger partial charge in [0.1, 0.15) is 17.8 Å². The first-order valence-electron chi connectivity index (χ1n) is 11.7. The molecule has 2 aliphatic rings. The van der Waals surface area contributed by atoms with Crippen LogP contribution in [0.1, 0.15) is 6.92 Å². The van der Waals surface area contributed by atoms with Crippen molar-refractivity contribution in [1.29, 1.82) is 0 Å². The molecule has 10 heteroatoms. The number of anilines is 2. The molecule has 1 aromatic carbocycles. The number of urea groups is 1. The first-order valence-corrected chi connectivity index (χ1v) is 11.7. The van der Waals surface area contributed by atoms with Crippen molar-refractivity contribution in [2.45, 2.75) is 6.92 Å². The van der Waals surface area contributed by atoms with Crippen molar-refractivity contribution >= 4 is 34.5 Å². The highest BCUT2D eigenvalue weighted by molar-refractivity contribution is 5.94. The van der Waals surface area contributed by atoms with Gasteiger partial charge in [0.2, 0.25) is 0 Å². The average Bonchev–Trinajstić information content (AvgIpc) is 3.34. The molecule has 0 unspecified atom stereocenters. The van der Waals surface area contributed by atoms with Crippen molar-refractivity contribution in [2.24, 2.45) is 0 Å². The monoisotopic (exact) mass is 473 g/mol. The molecule has 2 fully saturated rings. The predicted octanol–water partition coefficient (Wildman–Crippen LogP) is 2.16. The summed E-state index contributed by atoms with van der Waals surface area (Å²) >= 11 is 0. The molecule has 4 heterocycles. The molecule has 3 aromatic rings. The lowest BCUT2D eigenvalue weighted by Gasteiger charge is -2.33. The minimum Gasteiger partial charge on any atom is -0.378 e. The molecule has 180 valence electrons. The van der Waals surface area contributed by atoms with E-state index in [1.807, 2.05) is 24.3 Å². The molecule has 2 N–H and O–H groups in total. The number of H-pyrrole nitrogens is 1. The van der Waals surface area contributed by atoms with E-state index in [9.17, 15) is 9.59 Å². The summed E-state index contributed by atoms with van der Waals surface area (Å²) in [6.45, 7) is 6.55. The van der Waals surface area contributed by atoms with E-state index >= 15 is 0 Å². The predicted molar refractivity (Wildman–Crippen MR) is 133 cm³/mol. The number of aromatic amines is 1. The number of piperazine rings is 1. The van der Waals surface area contributed by atoms with Gasteiger partial charge in [0.05, 0.1) is 18.6 Å². The van der Waals surface area contributed by atoms with Crippen LogP contribution in [0.4, 0.5) is 16.3 Å². The van der Waals surface area contributed by atoms with E-state index in [1.54, 1.807) is 23.1 Å². The minimum absolute atomic E-state index is 0.178. The maximum Gasteiger partial charge on any atom is 0.321 e. The molecule has 10 nitrogen and oxygen atoms in total. The van der Waals surface area contributed by atoms with Gasteiger partial charge in [-0.25, -0.2) is 14.8 Å². The van der Waals surface area contributed by atoms with Crippen LogP contribution in [0.25, 0.3) is 22.3 Å². The molecule has 0 spiro atoms. The highest BCUT2D eigenvalue weighted by Gasteiger charge is 2.23. The summed E-state index contributed by atoms with van der Waals surface area (Å²) in [5, 5.41) is 3.92. The number of nitrogens with zero attached hydrogens (tertiary/aromatic N) is 5. The molecular formula is C25H27N7O3. The van der Waals surface area contributed by atoms with Crippen LogP contribution in [0, 0.1) is 11.8 Å². The maximum absolute atomic E-state index is 12.7. The number of hydrogen-bond donors (Lipinski definition) is 2. The first kappa shape index (κ1) is 22.7. The third-order valence-electron chi connectivity index (χ3n) is 6.25. The Morgan fingerprint density at radius 2 is 1.71 bits per heavy atom. The molecular weight excluding hydrogens is 446 g/mol. The number of amides is 3. The normalized spacial score (nSPS) is 16.1. The van der Waals surface area contributed by atoms with Gasteiger partial charge >= 0.3 is 6.03 Å². The zero-order chi connectivity index (χ0) is 24.2. The van der Waals surface area contributed by atoms with Crippen LogP contribution < -0.4 is 10.2 Å². The topological polar surface area (TPSA) is 107 Å². The van der Waals surface area contributed by atoms with Crippen molar-refractivity contribution in [2.75, 3.05) is 62.7 Å². The number of morpholine rings is 1. The Kier molecular flexibility index (Phi) is 6.50. The molecule has 0 atom stereocenters. The van der Waals surface area contributed by atoms with Crippen LogP contribution in [0.5, 0.6) is 0 Å². The summed E-state index contributed by atoms with van der Waals surface area (Å²) < 4.78 is 5.46. The molecule has 0 radical (unpaired) electrons. The summed E-state index contributed by atoms with van der Waals surface area (Å²) in [5.41, 5.74) is 3.41. The largest absolute Gasteiger partial charge is 0.378 e. The Labute approximate surface area is 203 Å². The van der Waals surface area contributed by atoms with Gasteiger partial charge in [-0.2, -0.15) is 0 Å². The minimum atomic E-state index is -0.192. The molecule has 35 heavy (non-hydrogen) atoms. The van der Waals surface area contributed by atoms with Gasteiger partial charge in [-0.1, -0.05) is 18.1 Å². The molecule has 3 amide bonds. The van der Waals surface area contributed by atoms with E-state index < -0.39 is 0 Å². The SMILES string of the molecule is CC#CC(=O)N1CCN(C(=O)Nc2ccc(-c3cc4c(N5CCOCC5)ncnc4[nH]3)cc2)CC1. The Morgan fingerprint density at radius 3 is 2.43 bits per heavy atom. The Balaban J connectivity index is 1.24. The number of carbonyl (C=O) groups is 2. The number of benzene rings is 1. The third-order valence-corrected chi connectivity index (χ3v) is 6.25. The molecule has 2 aliphatic heterocycles. The van der Waals surface area contributed by atoms with Crippen LogP contribution in [0.15, 0.2) is 36.7 Å². The van der Waals surface area contributed by atoms with Crippen LogP contribution >= 0.6 is 0 Å². The van der Waals surface area contributed by atoms with E-state index in [1.165, 1.54) is 0 Å². The van der Waals surface area contributed by atoms with Gasteiger partial charge in [-0.05, 0) is 36.6 Å². The fourth-order valence-corrected chi connectivity index (χ4v) is 4.34. The van der Waals surface area contributed by atoms with Crippen LogP contribution in [0.2, 0.25) is 0 Å². The molecule has 0 saturated carbocycles. The van der Waals surface area contributed by atoms with E-state index in [-0.39, 0.29) is 11.9 Å². The fourth-order valence-electron chi connectivity index (χ4n) is 4.34. The van der Waals surface area contributed by atoms with E-state index in [4.69, 9.17) is 4.74 Å². The molecule has 0 aliphatic carbocycles. The second-order valence-corrected chi connectivity index (χ2v) is 8.40. The van der Waals surface area contributed by atoms with Gasteiger partial charge in [0.25, 0.3) is 5.91 Å². The number of hydrogen-bond acceptors (Lipinski definition) is 6. The lowest BCUT2D eigenvalue weighted by atomic mass is 10.1. The van der Waals surface area contributed by atoms with Gasteiger partial charge in [-0.15, -0.1) is 0 Å². The van der Waals surface area contributed by atoms with Crippen molar-refractivity contribution < 1.29 is 14.3 Å². The second kappa shape index (κ2) is 10.0. The van der Waals surface area contributed by atoms with Gasteiger partial charge < -0.3 is 29.7 Å². The van der Waals surface area contributed by atoms with Crippen LogP contribution in [-0.2, 0) is 9.53 Å². The quantitative estimate of drug-likeness (QED) is 0.565. The zero-order valence-corrected chi connectivity index (χ0v) is 19.6. The van der Waals surface area contributed by atoms with Crippen molar-refractivity contribution in [3.05, 3.63) is 36.7 Å². The van der Waals surface area contributed by atoms with Gasteiger partial charge in [0, 0.05) is 50.6 Å². The van der Waals surface area contributed by atoms with E-state index in [0.717, 1.165) is 41.2 Å². The Morgan fingerprint density at radius 1 is 1.00 bits per heavy atom. The Bertz CT molecular complexity index is 1280. The molecule has 5 rings (SSSR count). The summed E-state index contributed by atoms with van der Waals surface area (Å²) in [6.07, 6.45) is 1.58. The first-order chi connectivity index (χ1) is 17.1. The molecule has 0 bridgehead atoms. The van der Waals surface area contributed by atoms with Crippen LogP contribution in [0.3, 0.4) is 0 Å². The zero-order valence-electron chi connectivity index (χ0n) is 19.6. The second-order valence-electron chi connectivity index (χ2n) is 8.40. The lowest BCUT2D eigenvalue weighted by Crippen LogP contribution is -2.51. The molecule has 2 saturated heterocycles. The van der Waals surface area contributed by atoms with Gasteiger partial charge in [0.15, 0.2) is 0 Å². The molecule has 2 aromatic heterocycles. The number of aromatic nitrogens is 3. The van der Waals surface area contributed by atoms with Gasteiger partial charge in [-0.3, -0.25) is 4.79 Å². The number of rotatable bonds is 3. The van der Waals surface area contributed by atoms with Crippen LogP contribution in [-0.4, -0.2) is 89.2 Å². The number of ether oxygens (including phenoxy) is 1. The van der Waals surface area contributed by atoms with E-state index in [0.29, 0.717) is 45.1 Å². The van der Waals surface area contributed by atoms with Crippen molar-refractivity contribution in [3.8, 4) is 23.1 Å². The van der Waals surface area contributed by atoms with Crippen molar-refractivity contribution in [1.82, 2.24) is 24.8 Å². The highest BCUT2D eigenvalue weighted by Crippen LogP contribution is 2.29. The van der Waals surface area contributed by atoms with Crippen molar-refractivity contribution in [3.63, 3.8) is 0 Å². The number of fused-ring (bicyclic) bond motifs is 1. The smallest absolute Gasteiger partial charge is 0.321 e. The highest BCUT2D eigenvalue weighted by atomic mass is 16.5. The average molecular weight is 474 g/mol.